The van der Waals surface area contributed by atoms with E-state index in [2.05, 4.69) is 24.3 Å². The van der Waals surface area contributed by atoms with Gasteiger partial charge < -0.3 is 0 Å². The maximum Gasteiger partial charge on any atom is 0.244 e. The average Bonchev–Trinajstić information content (AvgIpc) is 2.96. The molecule has 0 amide bonds. The predicted octanol–water partition coefficient (Wildman–Crippen LogP) is 4.45. The van der Waals surface area contributed by atoms with Crippen LogP contribution in [0.3, 0.4) is 0 Å². The number of benzene rings is 2. The smallest absolute Gasteiger partial charge is 0.207 e. The molecular formula is C20H25NO2S. The van der Waals surface area contributed by atoms with Crippen LogP contribution in [-0.2, 0) is 10.0 Å². The molecule has 0 spiro atoms. The second kappa shape index (κ2) is 6.34. The molecule has 0 N–H and O–H groups in total. The lowest BCUT2D eigenvalue weighted by Gasteiger charge is -2.26. The highest BCUT2D eigenvalue weighted by Crippen LogP contribution is 2.38. The van der Waals surface area contributed by atoms with Gasteiger partial charge in [-0.3, -0.25) is 0 Å². The van der Waals surface area contributed by atoms with E-state index in [-0.39, 0.29) is 6.04 Å². The maximum atomic E-state index is 13.4. The molecule has 24 heavy (non-hydrogen) atoms. The summed E-state index contributed by atoms with van der Waals surface area (Å²) < 4.78 is 28.4. The molecule has 128 valence electrons. The largest absolute Gasteiger partial charge is 0.244 e. The molecule has 1 aliphatic rings. The highest BCUT2D eigenvalue weighted by atomic mass is 32.2. The number of sulfonamides is 1. The molecule has 2 aromatic carbocycles. The van der Waals surface area contributed by atoms with E-state index in [1.165, 1.54) is 5.56 Å². The van der Waals surface area contributed by atoms with Gasteiger partial charge in [0.15, 0.2) is 0 Å². The summed E-state index contributed by atoms with van der Waals surface area (Å²) in [5.74, 6) is 0. The van der Waals surface area contributed by atoms with E-state index < -0.39 is 10.0 Å². The van der Waals surface area contributed by atoms with Gasteiger partial charge >= 0.3 is 0 Å². The van der Waals surface area contributed by atoms with Crippen LogP contribution in [0.2, 0.25) is 0 Å². The molecule has 1 fully saturated rings. The first-order valence-electron chi connectivity index (χ1n) is 8.47. The van der Waals surface area contributed by atoms with Crippen molar-refractivity contribution in [2.24, 2.45) is 0 Å². The number of hydrogen-bond acceptors (Lipinski definition) is 2. The summed E-state index contributed by atoms with van der Waals surface area (Å²) in [6.45, 7) is 8.43. The zero-order valence-electron chi connectivity index (χ0n) is 14.8. The minimum Gasteiger partial charge on any atom is -0.207 e. The molecule has 2 aromatic rings. The Bertz CT molecular complexity index is 831. The fourth-order valence-corrected chi connectivity index (χ4v) is 5.94. The lowest BCUT2D eigenvalue weighted by Crippen LogP contribution is -2.31. The van der Waals surface area contributed by atoms with E-state index in [9.17, 15) is 8.42 Å². The van der Waals surface area contributed by atoms with Crippen molar-refractivity contribution in [3.63, 3.8) is 0 Å². The molecule has 0 radical (unpaired) electrons. The van der Waals surface area contributed by atoms with Crippen molar-refractivity contribution in [2.45, 2.75) is 51.5 Å². The molecular weight excluding hydrogens is 318 g/mol. The third-order valence-corrected chi connectivity index (χ3v) is 7.05. The monoisotopic (exact) mass is 343 g/mol. The van der Waals surface area contributed by atoms with Gasteiger partial charge in [-0.05, 0) is 57.2 Å². The summed E-state index contributed by atoms with van der Waals surface area (Å²) >= 11 is 0. The first kappa shape index (κ1) is 17.2. The van der Waals surface area contributed by atoms with Crippen LogP contribution in [-0.4, -0.2) is 19.3 Å². The summed E-state index contributed by atoms with van der Waals surface area (Å²) in [7, 11) is -3.49. The number of hydrogen-bond donors (Lipinski definition) is 0. The zero-order valence-corrected chi connectivity index (χ0v) is 15.7. The quantitative estimate of drug-likeness (QED) is 0.826. The first-order valence-corrected chi connectivity index (χ1v) is 9.91. The van der Waals surface area contributed by atoms with E-state index in [1.807, 2.05) is 39.8 Å². The topological polar surface area (TPSA) is 37.4 Å². The Labute approximate surface area is 145 Å². The zero-order chi connectivity index (χ0) is 17.5. The molecule has 3 nitrogen and oxygen atoms in total. The van der Waals surface area contributed by atoms with Gasteiger partial charge in [0.25, 0.3) is 0 Å². The summed E-state index contributed by atoms with van der Waals surface area (Å²) in [6.07, 6.45) is 1.79. The Morgan fingerprint density at radius 2 is 1.50 bits per heavy atom. The van der Waals surface area contributed by atoms with Crippen LogP contribution in [0.4, 0.5) is 0 Å². The molecule has 0 saturated carbocycles. The van der Waals surface area contributed by atoms with Crippen molar-refractivity contribution in [1.29, 1.82) is 0 Å². The molecule has 0 bridgehead atoms. The van der Waals surface area contributed by atoms with Crippen LogP contribution < -0.4 is 0 Å². The molecule has 0 aromatic heterocycles. The van der Waals surface area contributed by atoms with Crippen LogP contribution in [0.5, 0.6) is 0 Å². The standard InChI is InChI=1S/C20H25NO2S/c1-14-7-9-18(10-8-14)19-6-5-11-21(19)24(22,23)20-16(3)12-15(2)13-17(20)4/h7-10,12-13,19H,5-6,11H2,1-4H3/t19-/m1/s1. The minimum absolute atomic E-state index is 0.0595. The van der Waals surface area contributed by atoms with E-state index in [1.54, 1.807) is 4.31 Å². The minimum atomic E-state index is -3.49. The van der Waals surface area contributed by atoms with E-state index >= 15 is 0 Å². The van der Waals surface area contributed by atoms with Gasteiger partial charge in [0.2, 0.25) is 10.0 Å². The number of nitrogens with zero attached hydrogens (tertiary/aromatic N) is 1. The Morgan fingerprint density at radius 3 is 2.08 bits per heavy atom. The molecule has 4 heteroatoms. The molecule has 3 rings (SSSR count). The summed E-state index contributed by atoms with van der Waals surface area (Å²) in [5, 5.41) is 0. The summed E-state index contributed by atoms with van der Waals surface area (Å²) in [5.41, 5.74) is 5.05. The summed E-state index contributed by atoms with van der Waals surface area (Å²) in [4.78, 5) is 0.479. The number of aryl methyl sites for hydroxylation is 4. The van der Waals surface area contributed by atoms with Gasteiger partial charge in [-0.15, -0.1) is 0 Å². The third-order valence-electron chi connectivity index (χ3n) is 4.84. The van der Waals surface area contributed by atoms with Gasteiger partial charge in [0.1, 0.15) is 0 Å². The maximum absolute atomic E-state index is 13.4. The van der Waals surface area contributed by atoms with E-state index in [0.29, 0.717) is 11.4 Å². The highest BCUT2D eigenvalue weighted by molar-refractivity contribution is 7.89. The molecule has 1 aliphatic heterocycles. The lowest BCUT2D eigenvalue weighted by atomic mass is 10.0. The fraction of sp³-hybridized carbons (Fsp3) is 0.400. The SMILES string of the molecule is Cc1ccc([C@H]2CCCN2S(=O)(=O)c2c(C)cc(C)cc2C)cc1. The van der Waals surface area contributed by atoms with E-state index in [4.69, 9.17) is 0 Å². The van der Waals surface area contributed by atoms with Gasteiger partial charge in [-0.1, -0.05) is 47.5 Å². The van der Waals surface area contributed by atoms with Crippen molar-refractivity contribution in [3.05, 3.63) is 64.2 Å². The van der Waals surface area contributed by atoms with Crippen molar-refractivity contribution >= 4 is 10.0 Å². The Morgan fingerprint density at radius 1 is 0.917 bits per heavy atom. The van der Waals surface area contributed by atoms with Gasteiger partial charge in [-0.25, -0.2) is 8.42 Å². The Balaban J connectivity index is 2.04. The molecule has 1 heterocycles. The van der Waals surface area contributed by atoms with Crippen LogP contribution in [0.1, 0.15) is 46.7 Å². The van der Waals surface area contributed by atoms with Gasteiger partial charge in [0.05, 0.1) is 10.9 Å². The van der Waals surface area contributed by atoms with Crippen molar-refractivity contribution in [1.82, 2.24) is 4.31 Å². The normalized spacial score (nSPS) is 18.9. The molecule has 0 unspecified atom stereocenters. The highest BCUT2D eigenvalue weighted by Gasteiger charge is 2.37. The predicted molar refractivity (Wildman–Crippen MR) is 97.7 cm³/mol. The van der Waals surface area contributed by atoms with Crippen LogP contribution in [0.25, 0.3) is 0 Å². The van der Waals surface area contributed by atoms with E-state index in [0.717, 1.165) is 35.1 Å². The Hall–Kier alpha value is -1.65. The lowest BCUT2D eigenvalue weighted by molar-refractivity contribution is 0.396. The van der Waals surface area contributed by atoms with Crippen molar-refractivity contribution in [3.8, 4) is 0 Å². The first-order chi connectivity index (χ1) is 11.3. The third kappa shape index (κ3) is 3.01. The second-order valence-electron chi connectivity index (χ2n) is 6.91. The molecule has 0 aliphatic carbocycles. The average molecular weight is 343 g/mol. The molecule has 1 saturated heterocycles. The summed E-state index contributed by atoms with van der Waals surface area (Å²) in [6, 6.07) is 12.1. The van der Waals surface area contributed by atoms with Gasteiger partial charge in [0, 0.05) is 6.54 Å². The van der Waals surface area contributed by atoms with Crippen LogP contribution in [0, 0.1) is 27.7 Å². The van der Waals surface area contributed by atoms with Crippen molar-refractivity contribution < 1.29 is 8.42 Å². The van der Waals surface area contributed by atoms with Gasteiger partial charge in [-0.2, -0.15) is 4.31 Å². The number of rotatable bonds is 3. The fourth-order valence-electron chi connectivity index (χ4n) is 3.84. The van der Waals surface area contributed by atoms with Crippen LogP contribution >= 0.6 is 0 Å². The second-order valence-corrected chi connectivity index (χ2v) is 8.74. The Kier molecular flexibility index (Phi) is 4.54. The van der Waals surface area contributed by atoms with Crippen molar-refractivity contribution in [2.75, 3.05) is 6.54 Å². The molecule has 1 atom stereocenters. The van der Waals surface area contributed by atoms with Crippen LogP contribution in [0.15, 0.2) is 41.3 Å².